The van der Waals surface area contributed by atoms with Crippen LogP contribution < -0.4 is 10.2 Å². The molecule has 0 atom stereocenters. The molecule has 0 unspecified atom stereocenters. The van der Waals surface area contributed by atoms with Gasteiger partial charge in [0.2, 0.25) is 0 Å². The fourth-order valence-electron chi connectivity index (χ4n) is 5.73. The molecule has 3 aromatic rings. The minimum atomic E-state index is -4.46. The van der Waals surface area contributed by atoms with Crippen LogP contribution in [0.4, 0.5) is 35.4 Å². The molecule has 5 rings (SSSR count). The lowest BCUT2D eigenvalue weighted by Gasteiger charge is -2.42. The van der Waals surface area contributed by atoms with Gasteiger partial charge in [0.15, 0.2) is 10.8 Å². The van der Waals surface area contributed by atoms with Crippen molar-refractivity contribution in [2.24, 2.45) is 5.41 Å². The van der Waals surface area contributed by atoms with Crippen LogP contribution in [0, 0.1) is 12.3 Å². The third-order valence-corrected chi connectivity index (χ3v) is 8.13. The van der Waals surface area contributed by atoms with Crippen molar-refractivity contribution in [3.63, 3.8) is 0 Å². The van der Waals surface area contributed by atoms with Gasteiger partial charge in [-0.15, -0.1) is 11.3 Å². The smallest absolute Gasteiger partial charge is 0.339 e. The first-order valence-electron chi connectivity index (χ1n) is 12.5. The van der Waals surface area contributed by atoms with Gasteiger partial charge in [-0.1, -0.05) is 51.1 Å². The monoisotopic (exact) mass is 514 g/mol. The summed E-state index contributed by atoms with van der Waals surface area (Å²) in [6.07, 6.45) is -2.28. The highest BCUT2D eigenvalue weighted by Crippen LogP contribution is 2.51. The van der Waals surface area contributed by atoms with Crippen LogP contribution in [0.5, 0.6) is 0 Å². The Bertz CT molecular complexity index is 1240. The van der Waals surface area contributed by atoms with Crippen LogP contribution in [-0.4, -0.2) is 36.1 Å². The van der Waals surface area contributed by atoms with Crippen molar-refractivity contribution >= 4 is 33.5 Å². The number of anilines is 4. The van der Waals surface area contributed by atoms with E-state index in [1.165, 1.54) is 18.2 Å². The van der Waals surface area contributed by atoms with Gasteiger partial charge in [0, 0.05) is 29.1 Å². The number of hydrogen-bond donors (Lipinski definition) is 1. The van der Waals surface area contributed by atoms with Crippen molar-refractivity contribution in [3.05, 3.63) is 64.7 Å². The number of aromatic nitrogens is 1. The zero-order valence-corrected chi connectivity index (χ0v) is 22.1. The Hall–Kier alpha value is -2.58. The molecule has 2 aliphatic rings. The summed E-state index contributed by atoms with van der Waals surface area (Å²) in [5, 5.41) is 3.45. The molecule has 1 aromatic heterocycles. The minimum Gasteiger partial charge on any atom is -0.339 e. The quantitative estimate of drug-likeness (QED) is 0.386. The van der Waals surface area contributed by atoms with Crippen LogP contribution in [0.1, 0.15) is 49.7 Å². The Labute approximate surface area is 215 Å². The van der Waals surface area contributed by atoms with E-state index in [2.05, 4.69) is 65.1 Å². The second-order valence-corrected chi connectivity index (χ2v) is 12.5. The van der Waals surface area contributed by atoms with E-state index in [9.17, 15) is 13.2 Å². The number of halogens is 3. The van der Waals surface area contributed by atoms with Crippen LogP contribution >= 0.6 is 11.3 Å². The summed E-state index contributed by atoms with van der Waals surface area (Å²) in [7, 11) is 0. The van der Waals surface area contributed by atoms with Gasteiger partial charge in [-0.05, 0) is 62.0 Å². The molecule has 0 aliphatic carbocycles. The lowest BCUT2D eigenvalue weighted by molar-refractivity contribution is -0.141. The second kappa shape index (κ2) is 9.06. The first kappa shape index (κ1) is 25.1. The van der Waals surface area contributed by atoms with Crippen molar-refractivity contribution in [1.29, 1.82) is 0 Å². The van der Waals surface area contributed by atoms with Crippen LogP contribution in [0.2, 0.25) is 0 Å². The molecule has 1 saturated heterocycles. The van der Waals surface area contributed by atoms with Gasteiger partial charge in [0.25, 0.3) is 0 Å². The number of alkyl halides is 3. The molecule has 3 heterocycles. The normalized spacial score (nSPS) is 18.0. The largest absolute Gasteiger partial charge is 0.434 e. The Morgan fingerprint density at radius 3 is 2.25 bits per heavy atom. The lowest BCUT2D eigenvalue weighted by Crippen LogP contribution is -2.46. The summed E-state index contributed by atoms with van der Waals surface area (Å²) < 4.78 is 40.0. The number of nitrogens with zero attached hydrogens (tertiary/aromatic N) is 3. The van der Waals surface area contributed by atoms with Gasteiger partial charge in [0.1, 0.15) is 0 Å². The lowest BCUT2D eigenvalue weighted by atomic mass is 9.74. The number of hydrogen-bond acceptors (Lipinski definition) is 5. The minimum absolute atomic E-state index is 0.0688. The maximum Gasteiger partial charge on any atom is 0.434 e. The molecule has 0 bridgehead atoms. The number of nitrogens with one attached hydrogen (secondary N) is 1. The van der Waals surface area contributed by atoms with E-state index < -0.39 is 11.9 Å². The average molecular weight is 515 g/mol. The van der Waals surface area contributed by atoms with Gasteiger partial charge in [0.05, 0.1) is 11.4 Å². The molecule has 36 heavy (non-hydrogen) atoms. The maximum atomic E-state index is 13.3. The Balaban J connectivity index is 1.44. The number of fused-ring (bicyclic) bond motifs is 2. The summed E-state index contributed by atoms with van der Waals surface area (Å²) in [6.45, 7) is 12.4. The third-order valence-electron chi connectivity index (χ3n) is 7.24. The van der Waals surface area contributed by atoms with Crippen LogP contribution in [0.25, 0.3) is 0 Å². The van der Waals surface area contributed by atoms with Crippen molar-refractivity contribution in [1.82, 2.24) is 9.88 Å². The number of thiazole rings is 1. The van der Waals surface area contributed by atoms with Crippen LogP contribution in [0.3, 0.4) is 0 Å². The summed E-state index contributed by atoms with van der Waals surface area (Å²) >= 11 is 1.03. The summed E-state index contributed by atoms with van der Waals surface area (Å²) in [5.41, 5.74) is 3.80. The number of rotatable bonds is 4. The first-order valence-corrected chi connectivity index (χ1v) is 13.3. The van der Waals surface area contributed by atoms with E-state index >= 15 is 0 Å². The molecule has 8 heteroatoms. The molecular formula is C28H33F3N4S. The van der Waals surface area contributed by atoms with E-state index in [0.29, 0.717) is 0 Å². The number of likely N-dealkylation sites (tertiary alicyclic amines) is 1. The summed E-state index contributed by atoms with van der Waals surface area (Å²) in [5.74, 6) is 0. The van der Waals surface area contributed by atoms with Gasteiger partial charge < -0.3 is 15.1 Å². The molecule has 0 amide bonds. The van der Waals surface area contributed by atoms with E-state index in [0.717, 1.165) is 61.7 Å². The summed E-state index contributed by atoms with van der Waals surface area (Å²) in [6, 6.07) is 16.4. The van der Waals surface area contributed by atoms with Gasteiger partial charge in [-0.25, -0.2) is 4.98 Å². The molecule has 1 spiro atoms. The Morgan fingerprint density at radius 1 is 0.972 bits per heavy atom. The second-order valence-electron chi connectivity index (χ2n) is 11.3. The standard InChI is InChI=1S/C28H33F3N4S/c1-19-24(28(29,30)31)33-25(36-19)32-21-10-6-8-12-23(21)35-18-27(20-9-5-7-11-22(20)35)13-15-34(16-14-27)17-26(2,3)4/h5-12H,13-18H2,1-4H3,(H,32,33). The molecule has 0 radical (unpaired) electrons. The SMILES string of the molecule is Cc1sc(Nc2ccccc2N2CC3(CCN(CC(C)(C)C)CC3)c3ccccc32)nc1C(F)(F)F. The van der Waals surface area contributed by atoms with E-state index in [4.69, 9.17) is 0 Å². The predicted molar refractivity (Wildman–Crippen MR) is 142 cm³/mol. The highest BCUT2D eigenvalue weighted by molar-refractivity contribution is 7.15. The molecule has 1 N–H and O–H groups in total. The Kier molecular flexibility index (Phi) is 6.32. The molecule has 2 aliphatic heterocycles. The van der Waals surface area contributed by atoms with Gasteiger partial charge >= 0.3 is 6.18 Å². The third kappa shape index (κ3) is 4.85. The summed E-state index contributed by atoms with van der Waals surface area (Å²) in [4.78, 5) is 8.94. The number of benzene rings is 2. The fourth-order valence-corrected chi connectivity index (χ4v) is 6.57. The molecule has 2 aromatic carbocycles. The predicted octanol–water partition coefficient (Wildman–Crippen LogP) is 7.75. The number of aryl methyl sites for hydroxylation is 1. The van der Waals surface area contributed by atoms with Crippen molar-refractivity contribution in [2.75, 3.05) is 36.4 Å². The van der Waals surface area contributed by atoms with E-state index in [-0.39, 0.29) is 20.8 Å². The van der Waals surface area contributed by atoms with Crippen LogP contribution in [0.15, 0.2) is 48.5 Å². The fraction of sp³-hybridized carbons (Fsp3) is 0.464. The zero-order valence-electron chi connectivity index (χ0n) is 21.2. The highest BCUT2D eigenvalue weighted by Gasteiger charge is 2.45. The first-order chi connectivity index (χ1) is 17.0. The average Bonchev–Trinajstić information content (AvgIpc) is 3.33. The molecular weight excluding hydrogens is 481 g/mol. The van der Waals surface area contributed by atoms with Crippen LogP contribution in [-0.2, 0) is 11.6 Å². The number of piperidine rings is 1. The Morgan fingerprint density at radius 2 is 1.61 bits per heavy atom. The molecule has 192 valence electrons. The highest BCUT2D eigenvalue weighted by atomic mass is 32.1. The molecule has 0 saturated carbocycles. The van der Waals surface area contributed by atoms with Gasteiger partial charge in [-0.3, -0.25) is 0 Å². The zero-order chi connectivity index (χ0) is 25.7. The molecule has 1 fully saturated rings. The van der Waals surface area contributed by atoms with Crippen molar-refractivity contribution in [2.45, 2.75) is 52.1 Å². The maximum absolute atomic E-state index is 13.3. The topological polar surface area (TPSA) is 31.4 Å². The van der Waals surface area contributed by atoms with Crippen molar-refractivity contribution in [3.8, 4) is 0 Å². The number of para-hydroxylation sites is 3. The van der Waals surface area contributed by atoms with Crippen molar-refractivity contribution < 1.29 is 13.2 Å². The van der Waals surface area contributed by atoms with E-state index in [1.807, 2.05) is 24.3 Å². The molecule has 4 nitrogen and oxygen atoms in total. The van der Waals surface area contributed by atoms with E-state index in [1.54, 1.807) is 0 Å². The van der Waals surface area contributed by atoms with Gasteiger partial charge in [-0.2, -0.15) is 13.2 Å².